The number of carbonyl (C=O) groups excluding carboxylic acids is 1. The zero-order valence-electron chi connectivity index (χ0n) is 17.8. The molecule has 0 unspecified atom stereocenters. The molecule has 31 heavy (non-hydrogen) atoms. The zero-order valence-corrected chi connectivity index (χ0v) is 18.6. The molecule has 1 fully saturated rings. The Bertz CT molecular complexity index is 983. The molecular formula is C24H28N4O2S. The van der Waals surface area contributed by atoms with Crippen molar-refractivity contribution in [3.63, 3.8) is 0 Å². The fourth-order valence-corrected chi connectivity index (χ4v) is 4.25. The van der Waals surface area contributed by atoms with Gasteiger partial charge in [-0.2, -0.15) is 16.9 Å². The summed E-state index contributed by atoms with van der Waals surface area (Å²) < 4.78 is 7.17. The summed E-state index contributed by atoms with van der Waals surface area (Å²) in [6, 6.07) is 20.1. The molecule has 7 heteroatoms. The van der Waals surface area contributed by atoms with Gasteiger partial charge in [0.25, 0.3) is 0 Å². The quantitative estimate of drug-likeness (QED) is 0.544. The van der Waals surface area contributed by atoms with Gasteiger partial charge in [-0.25, -0.2) is 4.68 Å². The molecule has 0 bridgehead atoms. The van der Waals surface area contributed by atoms with Crippen molar-refractivity contribution >= 4 is 23.5 Å². The van der Waals surface area contributed by atoms with Gasteiger partial charge in [-0.05, 0) is 19.1 Å². The van der Waals surface area contributed by atoms with E-state index in [-0.39, 0.29) is 5.91 Å². The van der Waals surface area contributed by atoms with Crippen LogP contribution in [0.2, 0.25) is 0 Å². The molecule has 0 spiro atoms. The topological polar surface area (TPSA) is 59.4 Å². The first-order valence-electron chi connectivity index (χ1n) is 10.6. The zero-order chi connectivity index (χ0) is 21.5. The summed E-state index contributed by atoms with van der Waals surface area (Å²) in [5, 5.41) is 7.82. The molecule has 2 aromatic carbocycles. The van der Waals surface area contributed by atoms with Crippen LogP contribution in [0.25, 0.3) is 16.9 Å². The van der Waals surface area contributed by atoms with Crippen LogP contribution >= 0.6 is 11.8 Å². The lowest BCUT2D eigenvalue weighted by Gasteiger charge is -2.26. The molecule has 6 nitrogen and oxygen atoms in total. The molecule has 3 aromatic rings. The predicted octanol–water partition coefficient (Wildman–Crippen LogP) is 3.85. The molecule has 0 aliphatic carbocycles. The molecular weight excluding hydrogens is 408 g/mol. The van der Waals surface area contributed by atoms with Crippen molar-refractivity contribution in [3.05, 3.63) is 66.2 Å². The number of morpholine rings is 1. The number of hydrogen-bond donors (Lipinski definition) is 1. The molecule has 1 aromatic heterocycles. The van der Waals surface area contributed by atoms with Crippen LogP contribution in [0.4, 0.5) is 5.82 Å². The van der Waals surface area contributed by atoms with Gasteiger partial charge in [-0.1, -0.05) is 48.0 Å². The van der Waals surface area contributed by atoms with Crippen molar-refractivity contribution in [2.75, 3.05) is 49.7 Å². The van der Waals surface area contributed by atoms with Gasteiger partial charge in [0, 0.05) is 37.0 Å². The number of para-hydroxylation sites is 1. The minimum absolute atomic E-state index is 0.0143. The molecule has 1 saturated heterocycles. The van der Waals surface area contributed by atoms with Crippen LogP contribution in [0.15, 0.2) is 60.7 Å². The third kappa shape index (κ3) is 5.97. The van der Waals surface area contributed by atoms with Crippen LogP contribution in [0, 0.1) is 6.92 Å². The largest absolute Gasteiger partial charge is 0.379 e. The number of rotatable bonds is 8. The van der Waals surface area contributed by atoms with E-state index in [0.29, 0.717) is 11.6 Å². The lowest BCUT2D eigenvalue weighted by Crippen LogP contribution is -2.37. The third-order valence-corrected chi connectivity index (χ3v) is 6.15. The average molecular weight is 437 g/mol. The van der Waals surface area contributed by atoms with E-state index < -0.39 is 0 Å². The first-order chi connectivity index (χ1) is 15.2. The Morgan fingerprint density at radius 2 is 1.84 bits per heavy atom. The normalized spacial score (nSPS) is 14.5. The SMILES string of the molecule is Cc1ccc(-c2cc(NC(=O)CSCCN3CCOCC3)n(-c3ccccc3)n2)cc1. The second kappa shape index (κ2) is 10.6. The summed E-state index contributed by atoms with van der Waals surface area (Å²) >= 11 is 1.66. The molecule has 4 rings (SSSR count). The lowest BCUT2D eigenvalue weighted by atomic mass is 10.1. The van der Waals surface area contributed by atoms with Crippen molar-refractivity contribution in [1.29, 1.82) is 0 Å². The Balaban J connectivity index is 1.42. The first kappa shape index (κ1) is 21.6. The van der Waals surface area contributed by atoms with Crippen molar-refractivity contribution in [3.8, 4) is 16.9 Å². The van der Waals surface area contributed by atoms with E-state index in [9.17, 15) is 4.79 Å². The Morgan fingerprint density at radius 3 is 2.58 bits per heavy atom. The van der Waals surface area contributed by atoms with Crippen LogP contribution in [0.1, 0.15) is 5.56 Å². The molecule has 2 heterocycles. The van der Waals surface area contributed by atoms with Crippen LogP contribution in [-0.2, 0) is 9.53 Å². The lowest BCUT2D eigenvalue weighted by molar-refractivity contribution is -0.113. The summed E-state index contributed by atoms with van der Waals surface area (Å²) in [4.78, 5) is 15.0. The number of hydrogen-bond acceptors (Lipinski definition) is 5. The number of ether oxygens (including phenoxy) is 1. The maximum atomic E-state index is 12.6. The number of benzene rings is 2. The molecule has 0 atom stereocenters. The van der Waals surface area contributed by atoms with Crippen molar-refractivity contribution in [1.82, 2.24) is 14.7 Å². The molecule has 162 valence electrons. The highest BCUT2D eigenvalue weighted by atomic mass is 32.2. The van der Waals surface area contributed by atoms with Crippen molar-refractivity contribution in [2.24, 2.45) is 0 Å². The number of anilines is 1. The van der Waals surface area contributed by atoms with E-state index in [0.717, 1.165) is 55.5 Å². The number of amides is 1. The number of aromatic nitrogens is 2. The number of thioether (sulfide) groups is 1. The van der Waals surface area contributed by atoms with Gasteiger partial charge in [-0.15, -0.1) is 0 Å². The number of nitrogens with one attached hydrogen (secondary N) is 1. The Morgan fingerprint density at radius 1 is 1.10 bits per heavy atom. The second-order valence-electron chi connectivity index (χ2n) is 7.58. The summed E-state index contributed by atoms with van der Waals surface area (Å²) in [5.41, 5.74) is 3.97. The van der Waals surface area contributed by atoms with Gasteiger partial charge in [0.1, 0.15) is 5.82 Å². The molecule has 0 saturated carbocycles. The Kier molecular flexibility index (Phi) is 7.40. The fraction of sp³-hybridized carbons (Fsp3) is 0.333. The van der Waals surface area contributed by atoms with Crippen LogP contribution in [0.3, 0.4) is 0 Å². The van der Waals surface area contributed by atoms with E-state index in [4.69, 9.17) is 9.84 Å². The second-order valence-corrected chi connectivity index (χ2v) is 8.69. The summed E-state index contributed by atoms with van der Waals surface area (Å²) in [7, 11) is 0. The summed E-state index contributed by atoms with van der Waals surface area (Å²) in [6.45, 7) is 6.61. The van der Waals surface area contributed by atoms with Gasteiger partial charge < -0.3 is 10.1 Å². The van der Waals surface area contributed by atoms with Gasteiger partial charge in [-0.3, -0.25) is 9.69 Å². The van der Waals surface area contributed by atoms with Crippen LogP contribution in [-0.4, -0.2) is 64.9 Å². The fourth-order valence-electron chi connectivity index (χ4n) is 3.46. The number of aryl methyl sites for hydroxylation is 1. The van der Waals surface area contributed by atoms with Gasteiger partial charge in [0.15, 0.2) is 0 Å². The summed E-state index contributed by atoms with van der Waals surface area (Å²) in [5.74, 6) is 2.02. The van der Waals surface area contributed by atoms with Gasteiger partial charge in [0.2, 0.25) is 5.91 Å². The molecule has 1 N–H and O–H groups in total. The average Bonchev–Trinajstić information content (AvgIpc) is 3.22. The monoisotopic (exact) mass is 436 g/mol. The van der Waals surface area contributed by atoms with Crippen molar-refractivity contribution in [2.45, 2.75) is 6.92 Å². The Labute approximate surface area is 187 Å². The van der Waals surface area contributed by atoms with Gasteiger partial charge >= 0.3 is 0 Å². The minimum Gasteiger partial charge on any atom is -0.379 e. The maximum absolute atomic E-state index is 12.6. The Hall–Kier alpha value is -2.61. The predicted molar refractivity (Wildman–Crippen MR) is 127 cm³/mol. The third-order valence-electron chi connectivity index (χ3n) is 5.21. The number of carbonyl (C=O) groups is 1. The van der Waals surface area contributed by atoms with E-state index in [1.807, 2.05) is 36.4 Å². The molecule has 1 aliphatic rings. The van der Waals surface area contributed by atoms with E-state index in [1.165, 1.54) is 5.56 Å². The van der Waals surface area contributed by atoms with Crippen LogP contribution < -0.4 is 5.32 Å². The smallest absolute Gasteiger partial charge is 0.235 e. The first-order valence-corrected chi connectivity index (χ1v) is 11.7. The molecule has 0 radical (unpaired) electrons. The minimum atomic E-state index is -0.0143. The standard InChI is InChI=1S/C24H28N4O2S/c1-19-7-9-20(10-8-19)22-17-23(28(26-22)21-5-3-2-4-6-21)25-24(29)18-31-16-13-27-11-14-30-15-12-27/h2-10,17H,11-16,18H2,1H3,(H,25,29). The van der Waals surface area contributed by atoms with E-state index in [1.54, 1.807) is 16.4 Å². The van der Waals surface area contributed by atoms with E-state index in [2.05, 4.69) is 41.4 Å². The van der Waals surface area contributed by atoms with Crippen LogP contribution in [0.5, 0.6) is 0 Å². The highest BCUT2D eigenvalue weighted by molar-refractivity contribution is 7.99. The highest BCUT2D eigenvalue weighted by Gasteiger charge is 2.14. The van der Waals surface area contributed by atoms with Crippen molar-refractivity contribution < 1.29 is 9.53 Å². The molecule has 1 aliphatic heterocycles. The maximum Gasteiger partial charge on any atom is 0.235 e. The highest BCUT2D eigenvalue weighted by Crippen LogP contribution is 2.25. The summed E-state index contributed by atoms with van der Waals surface area (Å²) in [6.07, 6.45) is 0. The number of nitrogens with zero attached hydrogens (tertiary/aromatic N) is 3. The van der Waals surface area contributed by atoms with E-state index >= 15 is 0 Å². The molecule has 1 amide bonds. The van der Waals surface area contributed by atoms with Gasteiger partial charge in [0.05, 0.1) is 30.3 Å².